The topological polar surface area (TPSA) is 89.4 Å². The van der Waals surface area contributed by atoms with Crippen molar-refractivity contribution in [3.05, 3.63) is 31.0 Å². The molecule has 4 rings (SSSR count). The van der Waals surface area contributed by atoms with E-state index in [4.69, 9.17) is 0 Å². The minimum absolute atomic E-state index is 0.00524. The van der Waals surface area contributed by atoms with Crippen LogP contribution >= 0.6 is 0 Å². The Balaban J connectivity index is 1.71. The molecule has 0 N–H and O–H groups in total. The lowest BCUT2D eigenvalue weighted by Crippen LogP contribution is -2.17. The summed E-state index contributed by atoms with van der Waals surface area (Å²) in [6, 6.07) is 4.30. The molecule has 3 aromatic heterocycles. The summed E-state index contributed by atoms with van der Waals surface area (Å²) in [5, 5.41) is 14.7. The van der Waals surface area contributed by atoms with Crippen molar-refractivity contribution in [2.24, 2.45) is 11.8 Å². The fourth-order valence-electron chi connectivity index (χ4n) is 4.19. The van der Waals surface area contributed by atoms with E-state index in [-0.39, 0.29) is 17.9 Å². The van der Waals surface area contributed by atoms with Crippen LogP contribution in [0.4, 0.5) is 0 Å². The van der Waals surface area contributed by atoms with Crippen LogP contribution in [-0.4, -0.2) is 30.2 Å². The third kappa shape index (κ3) is 3.19. The highest BCUT2D eigenvalue weighted by molar-refractivity contribution is 5.97. The third-order valence-electron chi connectivity index (χ3n) is 5.67. The van der Waals surface area contributed by atoms with E-state index >= 15 is 0 Å². The molecule has 0 saturated heterocycles. The number of rotatable bonds is 5. The van der Waals surface area contributed by atoms with Crippen LogP contribution in [0.2, 0.25) is 0 Å². The summed E-state index contributed by atoms with van der Waals surface area (Å²) >= 11 is 0. The Morgan fingerprint density at radius 1 is 1.32 bits per heavy atom. The van der Waals surface area contributed by atoms with Crippen LogP contribution in [0.25, 0.3) is 22.3 Å². The number of nitrogens with zero attached hydrogens (tertiary/aromatic N) is 6. The molecule has 0 aliphatic heterocycles. The predicted molar refractivity (Wildman–Crippen MR) is 105 cm³/mol. The van der Waals surface area contributed by atoms with Crippen LogP contribution in [0, 0.1) is 23.2 Å². The highest BCUT2D eigenvalue weighted by atomic mass is 16.2. The molecule has 0 spiro atoms. The molecule has 7 nitrogen and oxygen atoms in total. The number of nitriles is 1. The number of carbonyl (C=O) groups is 1. The molecule has 0 aromatic carbocycles. The van der Waals surface area contributed by atoms with Gasteiger partial charge in [0.05, 0.1) is 30.4 Å². The Morgan fingerprint density at radius 3 is 2.82 bits per heavy atom. The molecule has 1 atom stereocenters. The first-order valence-corrected chi connectivity index (χ1v) is 9.88. The Bertz CT molecular complexity index is 1030. The van der Waals surface area contributed by atoms with Crippen molar-refractivity contribution in [1.29, 1.82) is 5.26 Å². The second-order valence-corrected chi connectivity index (χ2v) is 7.82. The van der Waals surface area contributed by atoms with E-state index in [1.807, 2.05) is 30.8 Å². The molecule has 1 aliphatic carbocycles. The zero-order chi connectivity index (χ0) is 19.7. The van der Waals surface area contributed by atoms with Crippen LogP contribution in [0.1, 0.15) is 56.8 Å². The molecule has 0 bridgehead atoms. The van der Waals surface area contributed by atoms with Gasteiger partial charge in [0.2, 0.25) is 5.91 Å². The number of aromatic nitrogens is 5. The highest BCUT2D eigenvalue weighted by Crippen LogP contribution is 2.36. The summed E-state index contributed by atoms with van der Waals surface area (Å²) < 4.78 is 3.52. The van der Waals surface area contributed by atoms with Crippen molar-refractivity contribution in [3.63, 3.8) is 0 Å². The first-order chi connectivity index (χ1) is 13.6. The molecule has 0 radical (unpaired) electrons. The summed E-state index contributed by atoms with van der Waals surface area (Å²) in [7, 11) is 0. The van der Waals surface area contributed by atoms with Crippen molar-refractivity contribution < 1.29 is 4.79 Å². The maximum absolute atomic E-state index is 12.4. The van der Waals surface area contributed by atoms with Crippen LogP contribution in [-0.2, 0) is 0 Å². The maximum Gasteiger partial charge on any atom is 0.234 e. The van der Waals surface area contributed by atoms with E-state index in [1.54, 1.807) is 17.0 Å². The molecule has 1 unspecified atom stereocenters. The van der Waals surface area contributed by atoms with E-state index in [2.05, 4.69) is 21.1 Å². The summed E-state index contributed by atoms with van der Waals surface area (Å²) in [6.45, 7) is 3.75. The summed E-state index contributed by atoms with van der Waals surface area (Å²) in [5.41, 5.74) is 2.25. The van der Waals surface area contributed by atoms with Gasteiger partial charge < -0.3 is 0 Å². The number of hydrogen-bond acceptors (Lipinski definition) is 5. The van der Waals surface area contributed by atoms with Gasteiger partial charge in [-0.25, -0.2) is 9.97 Å². The van der Waals surface area contributed by atoms with E-state index in [9.17, 15) is 10.1 Å². The van der Waals surface area contributed by atoms with Gasteiger partial charge in [0.1, 0.15) is 6.33 Å². The fourth-order valence-corrected chi connectivity index (χ4v) is 4.19. The quantitative estimate of drug-likeness (QED) is 0.664. The lowest BCUT2D eigenvalue weighted by molar-refractivity contribution is 0.0860. The Morgan fingerprint density at radius 2 is 2.11 bits per heavy atom. The lowest BCUT2D eigenvalue weighted by atomic mass is 9.96. The van der Waals surface area contributed by atoms with Crippen molar-refractivity contribution in [2.75, 3.05) is 0 Å². The Labute approximate surface area is 164 Å². The van der Waals surface area contributed by atoms with Crippen LogP contribution < -0.4 is 0 Å². The standard InChI is InChI=1S/C21H24N6O/c1-14(2)21(28)26-10-8-17-19(23-13-24-20(17)26)16-11-25-27(12-16)18(7-9-22)15-5-3-4-6-15/h8,10-15,18H,3-7H2,1-2H3. The average Bonchev–Trinajstić information content (AvgIpc) is 3.45. The minimum Gasteiger partial charge on any atom is -0.274 e. The fraction of sp³-hybridized carbons (Fsp3) is 0.476. The van der Waals surface area contributed by atoms with E-state index in [1.165, 1.54) is 19.2 Å². The normalized spacial score (nSPS) is 15.9. The maximum atomic E-state index is 12.4. The van der Waals surface area contributed by atoms with Crippen molar-refractivity contribution >= 4 is 16.9 Å². The van der Waals surface area contributed by atoms with Gasteiger partial charge in [-0.1, -0.05) is 26.7 Å². The predicted octanol–water partition coefficient (Wildman–Crippen LogP) is 4.24. The highest BCUT2D eigenvalue weighted by Gasteiger charge is 2.27. The van der Waals surface area contributed by atoms with E-state index < -0.39 is 0 Å². The average molecular weight is 376 g/mol. The van der Waals surface area contributed by atoms with Gasteiger partial charge in [-0.3, -0.25) is 14.0 Å². The molecular weight excluding hydrogens is 352 g/mol. The SMILES string of the molecule is CC(C)C(=O)n1ccc2c(-c3cnn(C(CC#N)C4CCCC4)c3)ncnc21. The molecule has 3 aromatic rings. The number of fused-ring (bicyclic) bond motifs is 1. The summed E-state index contributed by atoms with van der Waals surface area (Å²) in [4.78, 5) is 21.2. The smallest absolute Gasteiger partial charge is 0.234 e. The van der Waals surface area contributed by atoms with Crippen LogP contribution in [0.5, 0.6) is 0 Å². The van der Waals surface area contributed by atoms with Crippen LogP contribution in [0.15, 0.2) is 31.0 Å². The number of hydrogen-bond donors (Lipinski definition) is 0. The zero-order valence-corrected chi connectivity index (χ0v) is 16.2. The van der Waals surface area contributed by atoms with Crippen molar-refractivity contribution in [3.8, 4) is 17.3 Å². The minimum atomic E-state index is -0.116. The van der Waals surface area contributed by atoms with Crippen molar-refractivity contribution in [2.45, 2.75) is 52.0 Å². The zero-order valence-electron chi connectivity index (χ0n) is 16.2. The van der Waals surface area contributed by atoms with Gasteiger partial charge in [0, 0.05) is 29.3 Å². The Kier molecular flexibility index (Phi) is 4.95. The van der Waals surface area contributed by atoms with Crippen molar-refractivity contribution in [1.82, 2.24) is 24.3 Å². The molecule has 144 valence electrons. The van der Waals surface area contributed by atoms with Crippen LogP contribution in [0.3, 0.4) is 0 Å². The van der Waals surface area contributed by atoms with Gasteiger partial charge in [0.25, 0.3) is 0 Å². The molecule has 28 heavy (non-hydrogen) atoms. The van der Waals surface area contributed by atoms with Gasteiger partial charge in [-0.15, -0.1) is 0 Å². The molecule has 1 aliphatic rings. The molecule has 1 fully saturated rings. The third-order valence-corrected chi connectivity index (χ3v) is 5.67. The second kappa shape index (κ2) is 7.55. The first kappa shape index (κ1) is 18.4. The van der Waals surface area contributed by atoms with E-state index in [0.29, 0.717) is 18.0 Å². The van der Waals surface area contributed by atoms with Gasteiger partial charge >= 0.3 is 0 Å². The summed E-state index contributed by atoms with van der Waals surface area (Å²) in [6.07, 6.45) is 12.2. The molecule has 3 heterocycles. The largest absolute Gasteiger partial charge is 0.274 e. The van der Waals surface area contributed by atoms with Gasteiger partial charge in [-0.05, 0) is 24.8 Å². The lowest BCUT2D eigenvalue weighted by Gasteiger charge is -2.21. The Hall–Kier alpha value is -3.01. The molecular formula is C21H24N6O. The molecule has 1 saturated carbocycles. The first-order valence-electron chi connectivity index (χ1n) is 9.88. The molecule has 7 heteroatoms. The van der Waals surface area contributed by atoms with Gasteiger partial charge in [0.15, 0.2) is 5.65 Å². The van der Waals surface area contributed by atoms with Gasteiger partial charge in [-0.2, -0.15) is 10.4 Å². The number of carbonyl (C=O) groups excluding carboxylic acids is 1. The summed E-state index contributed by atoms with van der Waals surface area (Å²) in [5.74, 6) is 0.392. The second-order valence-electron chi connectivity index (χ2n) is 7.82. The molecule has 0 amide bonds. The monoisotopic (exact) mass is 376 g/mol. The van der Waals surface area contributed by atoms with E-state index in [0.717, 1.165) is 29.5 Å².